The fourth-order valence-corrected chi connectivity index (χ4v) is 2.66. The summed E-state index contributed by atoms with van der Waals surface area (Å²) in [6, 6.07) is 4.24. The van der Waals surface area contributed by atoms with Crippen molar-refractivity contribution in [1.29, 1.82) is 0 Å². The highest BCUT2D eigenvalue weighted by atomic mass is 16.3. The third kappa shape index (κ3) is 5.29. The van der Waals surface area contributed by atoms with Crippen LogP contribution in [0.4, 0.5) is 0 Å². The van der Waals surface area contributed by atoms with Gasteiger partial charge in [-0.1, -0.05) is 6.92 Å². The standard InChI is InChI=1S/C17H30N2O/c1-14-6-5-10-19(11-9-14)13-16-8-7-15(20-16)12-18-17(2,3)4/h7-8,14,18H,5-6,9-13H2,1-4H3. The highest BCUT2D eigenvalue weighted by molar-refractivity contribution is 5.07. The summed E-state index contributed by atoms with van der Waals surface area (Å²) in [6.07, 6.45) is 4.01. The summed E-state index contributed by atoms with van der Waals surface area (Å²) in [7, 11) is 0. The molecule has 1 aromatic rings. The van der Waals surface area contributed by atoms with Gasteiger partial charge in [0.05, 0.1) is 13.1 Å². The first-order chi connectivity index (χ1) is 9.42. The fourth-order valence-electron chi connectivity index (χ4n) is 2.66. The zero-order chi connectivity index (χ0) is 14.6. The van der Waals surface area contributed by atoms with Crippen molar-refractivity contribution in [2.45, 2.75) is 65.6 Å². The Kier molecular flexibility index (Phi) is 5.28. The summed E-state index contributed by atoms with van der Waals surface area (Å²) in [5.74, 6) is 3.02. The molecule has 0 spiro atoms. The molecule has 0 radical (unpaired) electrons. The van der Waals surface area contributed by atoms with E-state index in [1.165, 1.54) is 32.4 Å². The van der Waals surface area contributed by atoms with Gasteiger partial charge in [0.25, 0.3) is 0 Å². The van der Waals surface area contributed by atoms with Crippen molar-refractivity contribution in [3.63, 3.8) is 0 Å². The Morgan fingerprint density at radius 1 is 1.20 bits per heavy atom. The van der Waals surface area contributed by atoms with E-state index in [-0.39, 0.29) is 5.54 Å². The van der Waals surface area contributed by atoms with E-state index in [0.717, 1.165) is 30.5 Å². The van der Waals surface area contributed by atoms with E-state index < -0.39 is 0 Å². The first kappa shape index (κ1) is 15.6. The molecule has 2 heterocycles. The monoisotopic (exact) mass is 278 g/mol. The first-order valence-electron chi connectivity index (χ1n) is 7.97. The molecule has 1 N–H and O–H groups in total. The fraction of sp³-hybridized carbons (Fsp3) is 0.765. The van der Waals surface area contributed by atoms with Crippen LogP contribution in [-0.4, -0.2) is 23.5 Å². The van der Waals surface area contributed by atoms with Crippen LogP contribution >= 0.6 is 0 Å². The number of hydrogen-bond donors (Lipinski definition) is 1. The van der Waals surface area contributed by atoms with E-state index in [2.05, 4.69) is 50.0 Å². The average molecular weight is 278 g/mol. The lowest BCUT2D eigenvalue weighted by Crippen LogP contribution is -2.34. The molecule has 1 fully saturated rings. The van der Waals surface area contributed by atoms with Gasteiger partial charge >= 0.3 is 0 Å². The van der Waals surface area contributed by atoms with Crippen LogP contribution in [0, 0.1) is 5.92 Å². The van der Waals surface area contributed by atoms with Gasteiger partial charge in [-0.3, -0.25) is 4.90 Å². The number of likely N-dealkylation sites (tertiary alicyclic amines) is 1. The maximum absolute atomic E-state index is 5.95. The molecule has 114 valence electrons. The van der Waals surface area contributed by atoms with Gasteiger partial charge in [0.1, 0.15) is 11.5 Å². The smallest absolute Gasteiger partial charge is 0.118 e. The Balaban J connectivity index is 1.83. The van der Waals surface area contributed by atoms with Crippen LogP contribution in [0.15, 0.2) is 16.5 Å². The van der Waals surface area contributed by atoms with Gasteiger partial charge in [-0.25, -0.2) is 0 Å². The van der Waals surface area contributed by atoms with Crippen molar-refractivity contribution in [2.75, 3.05) is 13.1 Å². The molecule has 1 aliphatic heterocycles. The van der Waals surface area contributed by atoms with Gasteiger partial charge in [-0.15, -0.1) is 0 Å². The van der Waals surface area contributed by atoms with Crippen LogP contribution < -0.4 is 5.32 Å². The minimum Gasteiger partial charge on any atom is -0.463 e. The van der Waals surface area contributed by atoms with Gasteiger partial charge in [0.15, 0.2) is 0 Å². The second-order valence-electron chi connectivity index (χ2n) is 7.28. The summed E-state index contributed by atoms with van der Waals surface area (Å²) in [5.41, 5.74) is 0.133. The van der Waals surface area contributed by atoms with Crippen molar-refractivity contribution < 1.29 is 4.42 Å². The van der Waals surface area contributed by atoms with Gasteiger partial charge in [0, 0.05) is 5.54 Å². The second kappa shape index (κ2) is 6.77. The molecule has 3 heteroatoms. The molecule has 20 heavy (non-hydrogen) atoms. The minimum atomic E-state index is 0.133. The van der Waals surface area contributed by atoms with Gasteiger partial charge in [-0.2, -0.15) is 0 Å². The van der Waals surface area contributed by atoms with Crippen molar-refractivity contribution in [2.24, 2.45) is 5.92 Å². The Morgan fingerprint density at radius 2 is 1.95 bits per heavy atom. The Bertz CT molecular complexity index is 405. The molecule has 1 aromatic heterocycles. The van der Waals surface area contributed by atoms with Crippen LogP contribution in [0.1, 0.15) is 58.5 Å². The molecule has 0 bridgehead atoms. The normalized spacial score (nSPS) is 21.9. The largest absolute Gasteiger partial charge is 0.463 e. The molecule has 0 amide bonds. The highest BCUT2D eigenvalue weighted by Crippen LogP contribution is 2.19. The van der Waals surface area contributed by atoms with E-state index in [1.807, 2.05) is 0 Å². The maximum atomic E-state index is 5.95. The molecule has 0 aromatic carbocycles. The predicted molar refractivity (Wildman–Crippen MR) is 83.6 cm³/mol. The third-order valence-corrected chi connectivity index (χ3v) is 4.00. The lowest BCUT2D eigenvalue weighted by atomic mass is 10.0. The first-order valence-corrected chi connectivity index (χ1v) is 7.97. The average Bonchev–Trinajstić information content (AvgIpc) is 2.70. The topological polar surface area (TPSA) is 28.4 Å². The highest BCUT2D eigenvalue weighted by Gasteiger charge is 2.15. The molecule has 3 nitrogen and oxygen atoms in total. The van der Waals surface area contributed by atoms with Crippen molar-refractivity contribution in [3.8, 4) is 0 Å². The zero-order valence-electron chi connectivity index (χ0n) is 13.5. The van der Waals surface area contributed by atoms with Crippen molar-refractivity contribution in [3.05, 3.63) is 23.7 Å². The molecule has 0 saturated carbocycles. The number of hydrogen-bond acceptors (Lipinski definition) is 3. The number of nitrogens with one attached hydrogen (secondary N) is 1. The molecular formula is C17H30N2O. The van der Waals surface area contributed by atoms with E-state index in [0.29, 0.717) is 0 Å². The quantitative estimate of drug-likeness (QED) is 0.908. The minimum absolute atomic E-state index is 0.133. The van der Waals surface area contributed by atoms with Gasteiger partial charge in [0.2, 0.25) is 0 Å². The van der Waals surface area contributed by atoms with Crippen LogP contribution in [-0.2, 0) is 13.1 Å². The van der Waals surface area contributed by atoms with E-state index in [9.17, 15) is 0 Å². The van der Waals surface area contributed by atoms with Crippen LogP contribution in [0.25, 0.3) is 0 Å². The molecule has 1 aliphatic rings. The lowest BCUT2D eigenvalue weighted by molar-refractivity contribution is 0.246. The SMILES string of the molecule is CC1CCCN(Cc2ccc(CNC(C)(C)C)o2)CC1. The van der Waals surface area contributed by atoms with E-state index >= 15 is 0 Å². The second-order valence-corrected chi connectivity index (χ2v) is 7.28. The van der Waals surface area contributed by atoms with Crippen molar-refractivity contribution >= 4 is 0 Å². The molecule has 0 aliphatic carbocycles. The number of rotatable bonds is 4. The summed E-state index contributed by atoms with van der Waals surface area (Å²) in [5, 5.41) is 3.46. The Labute approximate surface area is 123 Å². The van der Waals surface area contributed by atoms with Crippen molar-refractivity contribution in [1.82, 2.24) is 10.2 Å². The van der Waals surface area contributed by atoms with E-state index in [1.54, 1.807) is 0 Å². The predicted octanol–water partition coefficient (Wildman–Crippen LogP) is 3.79. The summed E-state index contributed by atoms with van der Waals surface area (Å²) < 4.78 is 5.95. The summed E-state index contributed by atoms with van der Waals surface area (Å²) in [4.78, 5) is 2.53. The zero-order valence-corrected chi connectivity index (χ0v) is 13.5. The molecule has 1 saturated heterocycles. The lowest BCUT2D eigenvalue weighted by Gasteiger charge is -2.20. The Morgan fingerprint density at radius 3 is 2.70 bits per heavy atom. The van der Waals surface area contributed by atoms with Crippen LogP contribution in [0.3, 0.4) is 0 Å². The van der Waals surface area contributed by atoms with Gasteiger partial charge in [-0.05, 0) is 71.2 Å². The molecular weight excluding hydrogens is 248 g/mol. The Hall–Kier alpha value is -0.800. The van der Waals surface area contributed by atoms with E-state index in [4.69, 9.17) is 4.42 Å². The van der Waals surface area contributed by atoms with Gasteiger partial charge < -0.3 is 9.73 Å². The number of furan rings is 1. The third-order valence-electron chi connectivity index (χ3n) is 4.00. The van der Waals surface area contributed by atoms with Crippen LogP contribution in [0.5, 0.6) is 0 Å². The molecule has 2 rings (SSSR count). The summed E-state index contributed by atoms with van der Waals surface area (Å²) in [6.45, 7) is 13.1. The summed E-state index contributed by atoms with van der Waals surface area (Å²) >= 11 is 0. The molecule has 1 atom stereocenters. The number of nitrogens with zero attached hydrogens (tertiary/aromatic N) is 1. The van der Waals surface area contributed by atoms with Crippen LogP contribution in [0.2, 0.25) is 0 Å². The molecule has 1 unspecified atom stereocenters. The maximum Gasteiger partial charge on any atom is 0.118 e.